The van der Waals surface area contributed by atoms with E-state index < -0.39 is 5.91 Å². The molecule has 6 heteroatoms. The highest BCUT2D eigenvalue weighted by molar-refractivity contribution is 5.95. The minimum atomic E-state index is -0.392. The Hall–Kier alpha value is -3.02. The minimum absolute atomic E-state index is 0.0436. The molecule has 118 valence electrons. The third-order valence-electron chi connectivity index (χ3n) is 2.90. The molecular weight excluding hydrogens is 299 g/mol. The first-order valence-electron chi connectivity index (χ1n) is 6.86. The number of anilines is 1. The standard InChI is InChI=1S/C17H15FN2O3/c1-12(21)14-5-7-16(8-6-14)20-17(22)11-23-19-10-13-3-2-4-15(18)9-13/h2-10H,11H2,1H3,(H,20,22)/b19-10-. The molecule has 0 radical (unpaired) electrons. The molecule has 0 atom stereocenters. The van der Waals surface area contributed by atoms with Crippen molar-refractivity contribution in [1.29, 1.82) is 0 Å². The number of rotatable bonds is 6. The van der Waals surface area contributed by atoms with Gasteiger partial charge in [0, 0.05) is 11.3 Å². The van der Waals surface area contributed by atoms with Gasteiger partial charge in [0.1, 0.15) is 5.82 Å². The molecule has 5 nitrogen and oxygen atoms in total. The highest BCUT2D eigenvalue weighted by atomic mass is 19.1. The average molecular weight is 314 g/mol. The number of hydrogen-bond acceptors (Lipinski definition) is 4. The molecule has 0 spiro atoms. The summed E-state index contributed by atoms with van der Waals surface area (Å²) in [6.07, 6.45) is 1.32. The van der Waals surface area contributed by atoms with Crippen LogP contribution in [0.2, 0.25) is 0 Å². The Morgan fingerprint density at radius 2 is 1.96 bits per heavy atom. The van der Waals surface area contributed by atoms with E-state index in [0.717, 1.165) is 0 Å². The number of ketones is 1. The summed E-state index contributed by atoms with van der Waals surface area (Å²) in [4.78, 5) is 27.7. The van der Waals surface area contributed by atoms with Crippen LogP contribution in [0, 0.1) is 5.82 Å². The predicted molar refractivity (Wildman–Crippen MR) is 85.0 cm³/mol. The quantitative estimate of drug-likeness (QED) is 0.506. The van der Waals surface area contributed by atoms with Crippen molar-refractivity contribution < 1.29 is 18.8 Å². The maximum absolute atomic E-state index is 12.9. The molecule has 23 heavy (non-hydrogen) atoms. The summed E-state index contributed by atoms with van der Waals surface area (Å²) < 4.78 is 12.9. The number of carbonyl (C=O) groups is 2. The number of Topliss-reactive ketones (excluding diaryl/α,β-unsaturated/α-hetero) is 1. The van der Waals surface area contributed by atoms with Gasteiger partial charge < -0.3 is 10.2 Å². The summed E-state index contributed by atoms with van der Waals surface area (Å²) in [7, 11) is 0. The van der Waals surface area contributed by atoms with Crippen molar-refractivity contribution in [3.63, 3.8) is 0 Å². The summed E-state index contributed by atoms with van der Waals surface area (Å²) in [6, 6.07) is 12.3. The fraction of sp³-hybridized carbons (Fsp3) is 0.118. The molecule has 2 aromatic carbocycles. The van der Waals surface area contributed by atoms with Crippen molar-refractivity contribution in [1.82, 2.24) is 0 Å². The third kappa shape index (κ3) is 5.35. The maximum Gasteiger partial charge on any atom is 0.265 e. The number of nitrogens with zero attached hydrogens (tertiary/aromatic N) is 1. The van der Waals surface area contributed by atoms with Crippen LogP contribution >= 0.6 is 0 Å². The van der Waals surface area contributed by atoms with Gasteiger partial charge in [0.15, 0.2) is 12.4 Å². The smallest absolute Gasteiger partial charge is 0.265 e. The molecule has 0 aromatic heterocycles. The first-order chi connectivity index (χ1) is 11.0. The van der Waals surface area contributed by atoms with E-state index in [2.05, 4.69) is 10.5 Å². The summed E-state index contributed by atoms with van der Waals surface area (Å²) in [6.45, 7) is 1.19. The molecule has 2 rings (SSSR count). The third-order valence-corrected chi connectivity index (χ3v) is 2.90. The molecule has 0 aliphatic carbocycles. The maximum atomic E-state index is 12.9. The van der Waals surface area contributed by atoms with E-state index in [9.17, 15) is 14.0 Å². The van der Waals surface area contributed by atoms with Crippen molar-refractivity contribution in [2.45, 2.75) is 6.92 Å². The monoisotopic (exact) mass is 314 g/mol. The Morgan fingerprint density at radius 3 is 2.61 bits per heavy atom. The van der Waals surface area contributed by atoms with Gasteiger partial charge >= 0.3 is 0 Å². The van der Waals surface area contributed by atoms with Gasteiger partial charge in [-0.25, -0.2) is 4.39 Å². The molecule has 0 aliphatic heterocycles. The lowest BCUT2D eigenvalue weighted by Crippen LogP contribution is -2.17. The minimum Gasteiger partial charge on any atom is -0.386 e. The lowest BCUT2D eigenvalue weighted by molar-refractivity contribution is -0.120. The molecule has 0 aliphatic rings. The van der Waals surface area contributed by atoms with Crippen LogP contribution in [-0.2, 0) is 9.63 Å². The number of benzene rings is 2. The lowest BCUT2D eigenvalue weighted by atomic mass is 10.1. The van der Waals surface area contributed by atoms with Crippen molar-refractivity contribution in [3.05, 3.63) is 65.5 Å². The highest BCUT2D eigenvalue weighted by Gasteiger charge is 2.04. The SMILES string of the molecule is CC(=O)c1ccc(NC(=O)CO/N=C\c2cccc(F)c2)cc1. The van der Waals surface area contributed by atoms with Gasteiger partial charge in [-0.3, -0.25) is 9.59 Å². The lowest BCUT2D eigenvalue weighted by Gasteiger charge is -2.04. The van der Waals surface area contributed by atoms with Crippen molar-refractivity contribution in [3.8, 4) is 0 Å². The fourth-order valence-electron chi connectivity index (χ4n) is 1.77. The van der Waals surface area contributed by atoms with E-state index in [1.54, 1.807) is 36.4 Å². The zero-order valence-electron chi connectivity index (χ0n) is 12.5. The largest absolute Gasteiger partial charge is 0.386 e. The van der Waals surface area contributed by atoms with Gasteiger partial charge in [0.2, 0.25) is 0 Å². The Balaban J connectivity index is 1.80. The van der Waals surface area contributed by atoms with Crippen LogP contribution in [0.4, 0.5) is 10.1 Å². The van der Waals surface area contributed by atoms with Gasteiger partial charge in [0.25, 0.3) is 5.91 Å². The molecule has 0 unspecified atom stereocenters. The van der Waals surface area contributed by atoms with E-state index in [0.29, 0.717) is 16.8 Å². The molecule has 0 saturated heterocycles. The Labute approximate surface area is 132 Å². The Kier molecular flexibility index (Phi) is 5.57. The van der Waals surface area contributed by atoms with Crippen molar-refractivity contribution in [2.75, 3.05) is 11.9 Å². The van der Waals surface area contributed by atoms with Crippen LogP contribution in [0.15, 0.2) is 53.7 Å². The molecule has 0 saturated carbocycles. The molecule has 0 fully saturated rings. The second kappa shape index (κ2) is 7.84. The van der Waals surface area contributed by atoms with Crippen LogP contribution in [0.1, 0.15) is 22.8 Å². The number of oxime groups is 1. The number of halogens is 1. The summed E-state index contributed by atoms with van der Waals surface area (Å²) in [5.74, 6) is -0.810. The predicted octanol–water partition coefficient (Wildman–Crippen LogP) is 3.02. The summed E-state index contributed by atoms with van der Waals surface area (Å²) >= 11 is 0. The summed E-state index contributed by atoms with van der Waals surface area (Å²) in [5, 5.41) is 6.21. The van der Waals surface area contributed by atoms with Gasteiger partial charge in [-0.1, -0.05) is 17.3 Å². The Morgan fingerprint density at radius 1 is 1.22 bits per heavy atom. The van der Waals surface area contributed by atoms with Crippen LogP contribution in [0.25, 0.3) is 0 Å². The first-order valence-corrected chi connectivity index (χ1v) is 6.86. The zero-order valence-corrected chi connectivity index (χ0v) is 12.5. The zero-order chi connectivity index (χ0) is 16.7. The van der Waals surface area contributed by atoms with Crippen LogP contribution in [-0.4, -0.2) is 24.5 Å². The molecule has 1 N–H and O–H groups in total. The van der Waals surface area contributed by atoms with Crippen LogP contribution < -0.4 is 5.32 Å². The fourth-order valence-corrected chi connectivity index (χ4v) is 1.77. The highest BCUT2D eigenvalue weighted by Crippen LogP contribution is 2.09. The average Bonchev–Trinajstić information content (AvgIpc) is 2.52. The van der Waals surface area contributed by atoms with Gasteiger partial charge in [-0.15, -0.1) is 0 Å². The van der Waals surface area contributed by atoms with E-state index in [1.165, 1.54) is 25.3 Å². The second-order valence-electron chi connectivity index (χ2n) is 4.74. The molecule has 0 bridgehead atoms. The number of hydrogen-bond donors (Lipinski definition) is 1. The normalized spacial score (nSPS) is 10.5. The number of amides is 1. The number of carbonyl (C=O) groups excluding carboxylic acids is 2. The molecule has 1 amide bonds. The van der Waals surface area contributed by atoms with Crippen molar-refractivity contribution >= 4 is 23.6 Å². The van der Waals surface area contributed by atoms with E-state index >= 15 is 0 Å². The van der Waals surface area contributed by atoms with Crippen LogP contribution in [0.5, 0.6) is 0 Å². The van der Waals surface area contributed by atoms with Gasteiger partial charge in [-0.2, -0.15) is 0 Å². The summed E-state index contributed by atoms with van der Waals surface area (Å²) in [5.41, 5.74) is 1.65. The van der Waals surface area contributed by atoms with Gasteiger partial charge in [0.05, 0.1) is 6.21 Å². The van der Waals surface area contributed by atoms with Crippen molar-refractivity contribution in [2.24, 2.45) is 5.16 Å². The van der Waals surface area contributed by atoms with Gasteiger partial charge in [-0.05, 0) is 48.9 Å². The second-order valence-corrected chi connectivity index (χ2v) is 4.74. The molecular formula is C17H15FN2O3. The van der Waals surface area contributed by atoms with E-state index in [1.807, 2.05) is 0 Å². The topological polar surface area (TPSA) is 67.8 Å². The number of nitrogens with one attached hydrogen (secondary N) is 1. The Bertz CT molecular complexity index is 727. The first kappa shape index (κ1) is 16.4. The van der Waals surface area contributed by atoms with Crippen LogP contribution in [0.3, 0.4) is 0 Å². The van der Waals surface area contributed by atoms with E-state index in [4.69, 9.17) is 4.84 Å². The molecule has 2 aromatic rings. The molecule has 0 heterocycles. The van der Waals surface area contributed by atoms with E-state index in [-0.39, 0.29) is 18.2 Å².